The zero-order valence-corrected chi connectivity index (χ0v) is 10.5. The quantitative estimate of drug-likeness (QED) is 0.865. The van der Waals surface area contributed by atoms with Gasteiger partial charge in [0.1, 0.15) is 0 Å². The lowest BCUT2D eigenvalue weighted by atomic mass is 10.0. The van der Waals surface area contributed by atoms with Gasteiger partial charge >= 0.3 is 5.97 Å². The summed E-state index contributed by atoms with van der Waals surface area (Å²) in [7, 11) is 0. The maximum atomic E-state index is 10.9. The lowest BCUT2D eigenvalue weighted by Gasteiger charge is -2.14. The molecule has 0 saturated heterocycles. The maximum Gasteiger partial charge on any atom is 0.306 e. The highest BCUT2D eigenvalue weighted by Crippen LogP contribution is 2.47. The van der Waals surface area contributed by atoms with Crippen molar-refractivity contribution in [2.24, 2.45) is 17.6 Å². The van der Waals surface area contributed by atoms with Crippen LogP contribution in [-0.4, -0.2) is 24.3 Å². The molecule has 1 aliphatic carbocycles. The Morgan fingerprint density at radius 1 is 1.32 bits per heavy atom. The van der Waals surface area contributed by atoms with Crippen LogP contribution >= 0.6 is 0 Å². The third-order valence-corrected chi connectivity index (χ3v) is 3.77. The minimum absolute atomic E-state index is 0.0299. The minimum atomic E-state index is -0.755. The number of benzene rings is 1. The summed E-state index contributed by atoms with van der Waals surface area (Å²) in [4.78, 5) is 10.9. The normalized spacial score (nSPS) is 26.4. The van der Waals surface area contributed by atoms with Crippen LogP contribution in [-0.2, 0) is 4.79 Å². The van der Waals surface area contributed by atoms with Gasteiger partial charge in [0.2, 0.25) is 0 Å². The van der Waals surface area contributed by atoms with Crippen molar-refractivity contribution in [1.82, 2.24) is 0 Å². The van der Waals surface area contributed by atoms with E-state index in [4.69, 9.17) is 20.3 Å². The van der Waals surface area contributed by atoms with Gasteiger partial charge in [0.25, 0.3) is 0 Å². The van der Waals surface area contributed by atoms with Crippen molar-refractivity contribution < 1.29 is 19.4 Å². The molecule has 1 fully saturated rings. The van der Waals surface area contributed by atoms with E-state index in [2.05, 4.69) is 0 Å². The molecule has 0 bridgehead atoms. The Labute approximate surface area is 111 Å². The van der Waals surface area contributed by atoms with Crippen LogP contribution in [0.3, 0.4) is 0 Å². The lowest BCUT2D eigenvalue weighted by molar-refractivity contribution is -0.138. The average Bonchev–Trinajstić information content (AvgIpc) is 3.20. The molecule has 3 unspecified atom stereocenters. The molecule has 1 aliphatic heterocycles. The molecule has 0 amide bonds. The fraction of sp³-hybridized carbons (Fsp3) is 0.500. The average molecular weight is 263 g/mol. The third kappa shape index (κ3) is 2.38. The van der Waals surface area contributed by atoms with Crippen molar-refractivity contribution in [3.63, 3.8) is 0 Å². The molecule has 1 heterocycles. The molecular weight excluding hydrogens is 246 g/mol. The molecule has 0 spiro atoms. The van der Waals surface area contributed by atoms with Crippen LogP contribution in [0.1, 0.15) is 24.4 Å². The van der Waals surface area contributed by atoms with Crippen LogP contribution in [0.5, 0.6) is 11.5 Å². The van der Waals surface area contributed by atoms with Gasteiger partial charge in [-0.05, 0) is 30.0 Å². The molecule has 5 nitrogen and oxygen atoms in total. The van der Waals surface area contributed by atoms with Gasteiger partial charge in [-0.2, -0.15) is 0 Å². The highest BCUT2D eigenvalue weighted by Gasteiger charge is 2.47. The summed E-state index contributed by atoms with van der Waals surface area (Å²) in [6.07, 6.45) is 1.52. The van der Waals surface area contributed by atoms with Crippen molar-refractivity contribution in [2.75, 3.05) is 13.2 Å². The van der Waals surface area contributed by atoms with E-state index in [1.165, 1.54) is 0 Å². The number of aliphatic carboxylic acids is 1. The van der Waals surface area contributed by atoms with E-state index in [1.54, 1.807) is 0 Å². The van der Waals surface area contributed by atoms with Crippen molar-refractivity contribution in [3.05, 3.63) is 23.8 Å². The van der Waals surface area contributed by atoms with Gasteiger partial charge in [-0.3, -0.25) is 4.79 Å². The van der Waals surface area contributed by atoms with E-state index in [0.717, 1.165) is 17.7 Å². The van der Waals surface area contributed by atoms with E-state index in [-0.39, 0.29) is 17.9 Å². The molecule has 5 heteroatoms. The Kier molecular flexibility index (Phi) is 3.06. The van der Waals surface area contributed by atoms with Crippen molar-refractivity contribution in [3.8, 4) is 11.5 Å². The van der Waals surface area contributed by atoms with Gasteiger partial charge in [-0.1, -0.05) is 6.07 Å². The van der Waals surface area contributed by atoms with Crippen molar-refractivity contribution in [1.29, 1.82) is 0 Å². The molecule has 19 heavy (non-hydrogen) atoms. The number of carboxylic acids is 1. The predicted octanol–water partition coefficient (Wildman–Crippen LogP) is 1.57. The molecule has 2 aliphatic rings. The summed E-state index contributed by atoms with van der Waals surface area (Å²) in [6.45, 7) is 1.29. The monoisotopic (exact) mass is 263 g/mol. The van der Waals surface area contributed by atoms with Crippen LogP contribution < -0.4 is 15.2 Å². The Bertz CT molecular complexity index is 502. The number of fused-ring (bicyclic) bond motifs is 1. The van der Waals surface area contributed by atoms with Gasteiger partial charge in [-0.25, -0.2) is 0 Å². The fourth-order valence-corrected chi connectivity index (χ4v) is 2.53. The Hall–Kier alpha value is -1.75. The Morgan fingerprint density at radius 2 is 2.05 bits per heavy atom. The second-order valence-corrected chi connectivity index (χ2v) is 5.13. The van der Waals surface area contributed by atoms with Gasteiger partial charge in [0, 0.05) is 12.5 Å². The number of ether oxygens (including phenoxy) is 2. The Morgan fingerprint density at radius 3 is 2.74 bits per heavy atom. The number of nitrogens with two attached hydrogens (primary N) is 1. The SMILES string of the molecule is NC(c1ccc2c(c1)OCCCO2)C1CC1C(=O)O. The van der Waals surface area contributed by atoms with E-state index < -0.39 is 5.97 Å². The molecule has 3 N–H and O–H groups in total. The molecule has 1 saturated carbocycles. The fourth-order valence-electron chi connectivity index (χ4n) is 2.53. The van der Waals surface area contributed by atoms with E-state index in [9.17, 15) is 4.79 Å². The number of carboxylic acid groups (broad SMARTS) is 1. The van der Waals surface area contributed by atoms with E-state index in [0.29, 0.717) is 25.4 Å². The zero-order chi connectivity index (χ0) is 13.4. The topological polar surface area (TPSA) is 81.8 Å². The molecule has 3 atom stereocenters. The smallest absolute Gasteiger partial charge is 0.306 e. The maximum absolute atomic E-state index is 10.9. The van der Waals surface area contributed by atoms with E-state index >= 15 is 0 Å². The minimum Gasteiger partial charge on any atom is -0.490 e. The number of hydrogen-bond donors (Lipinski definition) is 2. The lowest BCUT2D eigenvalue weighted by Crippen LogP contribution is -2.15. The van der Waals surface area contributed by atoms with Crippen LogP contribution in [0.4, 0.5) is 0 Å². The van der Waals surface area contributed by atoms with Gasteiger partial charge in [-0.15, -0.1) is 0 Å². The highest BCUT2D eigenvalue weighted by molar-refractivity contribution is 5.73. The first-order valence-electron chi connectivity index (χ1n) is 6.55. The molecule has 0 radical (unpaired) electrons. The summed E-state index contributed by atoms with van der Waals surface area (Å²) in [5.41, 5.74) is 7.06. The summed E-state index contributed by atoms with van der Waals surface area (Å²) < 4.78 is 11.2. The van der Waals surface area contributed by atoms with Crippen LogP contribution in [0.15, 0.2) is 18.2 Å². The predicted molar refractivity (Wildman–Crippen MR) is 68.2 cm³/mol. The van der Waals surface area contributed by atoms with Gasteiger partial charge in [0.15, 0.2) is 11.5 Å². The number of hydrogen-bond acceptors (Lipinski definition) is 4. The third-order valence-electron chi connectivity index (χ3n) is 3.77. The molecule has 1 aromatic rings. The second kappa shape index (κ2) is 4.74. The first-order chi connectivity index (χ1) is 9.16. The van der Waals surface area contributed by atoms with Crippen molar-refractivity contribution >= 4 is 5.97 Å². The highest BCUT2D eigenvalue weighted by atomic mass is 16.5. The molecule has 102 valence electrons. The zero-order valence-electron chi connectivity index (χ0n) is 10.5. The molecular formula is C14H17NO4. The van der Waals surface area contributed by atoms with Crippen LogP contribution in [0, 0.1) is 11.8 Å². The molecule has 0 aromatic heterocycles. The second-order valence-electron chi connectivity index (χ2n) is 5.13. The summed E-state index contributed by atoms with van der Waals surface area (Å²) in [5.74, 6) is 0.417. The largest absolute Gasteiger partial charge is 0.490 e. The van der Waals surface area contributed by atoms with Crippen molar-refractivity contribution in [2.45, 2.75) is 18.9 Å². The van der Waals surface area contributed by atoms with Gasteiger partial charge in [0.05, 0.1) is 19.1 Å². The first-order valence-corrected chi connectivity index (χ1v) is 6.55. The van der Waals surface area contributed by atoms with Crippen LogP contribution in [0.25, 0.3) is 0 Å². The molecule has 3 rings (SSSR count). The first kappa shape index (κ1) is 12.3. The van der Waals surface area contributed by atoms with E-state index in [1.807, 2.05) is 18.2 Å². The number of carbonyl (C=O) groups is 1. The summed E-state index contributed by atoms with van der Waals surface area (Å²) >= 11 is 0. The van der Waals surface area contributed by atoms with Crippen LogP contribution in [0.2, 0.25) is 0 Å². The van der Waals surface area contributed by atoms with Gasteiger partial charge < -0.3 is 20.3 Å². The summed E-state index contributed by atoms with van der Waals surface area (Å²) in [6, 6.07) is 5.38. The number of rotatable bonds is 3. The standard InChI is InChI=1S/C14H17NO4/c15-13(9-7-10(9)14(16)17)8-2-3-11-12(6-8)19-5-1-4-18-11/h2-3,6,9-10,13H,1,4-5,7,15H2,(H,16,17). The summed E-state index contributed by atoms with van der Waals surface area (Å²) in [5, 5.41) is 8.95. The molecule has 1 aromatic carbocycles. The Balaban J connectivity index is 1.78.